The summed E-state index contributed by atoms with van der Waals surface area (Å²) in [6, 6.07) is 3.79. The summed E-state index contributed by atoms with van der Waals surface area (Å²) in [6.45, 7) is 5.22. The average molecular weight is 295 g/mol. The zero-order chi connectivity index (χ0) is 15.2. The maximum absolute atomic E-state index is 13.5. The number of hydrogen-bond donors (Lipinski definition) is 1. The third-order valence-electron chi connectivity index (χ3n) is 3.65. The Bertz CT molecular complexity index is 486. The lowest BCUT2D eigenvalue weighted by Gasteiger charge is -2.21. The largest absolute Gasteiger partial charge is 0.465 e. The number of carbonyl (C=O) groups is 1. The molecule has 1 aromatic carbocycles. The van der Waals surface area contributed by atoms with Crippen LogP contribution in [-0.4, -0.2) is 31.8 Å². The van der Waals surface area contributed by atoms with Gasteiger partial charge in [-0.2, -0.15) is 0 Å². The Labute approximate surface area is 124 Å². The Kier molecular flexibility index (Phi) is 5.70. The molecule has 0 radical (unpaired) electrons. The van der Waals surface area contributed by atoms with Crippen LogP contribution in [0.15, 0.2) is 18.2 Å². The van der Waals surface area contributed by atoms with Gasteiger partial charge in [-0.3, -0.25) is 5.32 Å². The van der Waals surface area contributed by atoms with Crippen molar-refractivity contribution in [1.82, 2.24) is 5.32 Å². The summed E-state index contributed by atoms with van der Waals surface area (Å²) < 4.78 is 24.1. The Morgan fingerprint density at radius 1 is 1.57 bits per heavy atom. The number of rotatable bonds is 6. The quantitative estimate of drug-likeness (QED) is 0.819. The molecule has 21 heavy (non-hydrogen) atoms. The number of halogens is 1. The van der Waals surface area contributed by atoms with E-state index in [2.05, 4.69) is 5.32 Å². The number of benzene rings is 1. The van der Waals surface area contributed by atoms with Gasteiger partial charge >= 0.3 is 5.97 Å². The molecule has 2 atom stereocenters. The van der Waals surface area contributed by atoms with Gasteiger partial charge in [-0.1, -0.05) is 6.07 Å². The Morgan fingerprint density at radius 3 is 3.05 bits per heavy atom. The molecule has 0 bridgehead atoms. The molecule has 2 rings (SSSR count). The number of carbonyl (C=O) groups excluding carboxylic acids is 1. The second-order valence-corrected chi connectivity index (χ2v) is 5.23. The van der Waals surface area contributed by atoms with Crippen LogP contribution in [0.1, 0.15) is 36.9 Å². The number of nitrogens with one attached hydrogen (secondary N) is 1. The summed E-state index contributed by atoms with van der Waals surface area (Å²) in [7, 11) is 0. The Balaban J connectivity index is 2.14. The van der Waals surface area contributed by atoms with E-state index in [0.717, 1.165) is 25.0 Å². The molecule has 1 aliphatic rings. The molecule has 1 aliphatic heterocycles. The first kappa shape index (κ1) is 15.9. The fraction of sp³-hybridized carbons (Fsp3) is 0.562. The van der Waals surface area contributed by atoms with E-state index >= 15 is 0 Å². The third-order valence-corrected chi connectivity index (χ3v) is 3.65. The van der Waals surface area contributed by atoms with Crippen LogP contribution < -0.4 is 5.32 Å². The van der Waals surface area contributed by atoms with Crippen molar-refractivity contribution in [3.05, 3.63) is 35.1 Å². The van der Waals surface area contributed by atoms with Crippen molar-refractivity contribution >= 4 is 5.97 Å². The Hall–Kier alpha value is -1.46. The highest BCUT2D eigenvalue weighted by atomic mass is 19.1. The van der Waals surface area contributed by atoms with Gasteiger partial charge in [0, 0.05) is 13.2 Å². The maximum Gasteiger partial charge on any atom is 0.327 e. The molecule has 1 saturated heterocycles. The van der Waals surface area contributed by atoms with Crippen molar-refractivity contribution in [2.24, 2.45) is 0 Å². The van der Waals surface area contributed by atoms with Crippen LogP contribution >= 0.6 is 0 Å². The normalized spacial score (nSPS) is 19.5. The zero-order valence-electron chi connectivity index (χ0n) is 12.5. The molecule has 116 valence electrons. The summed E-state index contributed by atoms with van der Waals surface area (Å²) in [4.78, 5) is 12.2. The smallest absolute Gasteiger partial charge is 0.327 e. The molecule has 5 heteroatoms. The summed E-state index contributed by atoms with van der Waals surface area (Å²) >= 11 is 0. The van der Waals surface area contributed by atoms with Crippen molar-refractivity contribution in [1.29, 1.82) is 0 Å². The van der Waals surface area contributed by atoms with Crippen molar-refractivity contribution < 1.29 is 18.7 Å². The molecule has 0 aliphatic carbocycles. The number of esters is 1. The summed E-state index contributed by atoms with van der Waals surface area (Å²) in [6.07, 6.45) is 2.12. The van der Waals surface area contributed by atoms with Crippen LogP contribution in [0.3, 0.4) is 0 Å². The van der Waals surface area contributed by atoms with Gasteiger partial charge in [-0.15, -0.1) is 0 Å². The molecule has 1 N–H and O–H groups in total. The fourth-order valence-electron chi connectivity index (χ4n) is 2.52. The lowest BCUT2D eigenvalue weighted by atomic mass is 10.0. The number of hydrogen-bond acceptors (Lipinski definition) is 4. The molecule has 0 aromatic heterocycles. The van der Waals surface area contributed by atoms with Gasteiger partial charge in [-0.05, 0) is 49.9 Å². The third kappa shape index (κ3) is 4.25. The van der Waals surface area contributed by atoms with Gasteiger partial charge < -0.3 is 9.47 Å². The SMILES string of the molecule is CCOC(=O)C(NCC1CCCO1)c1cc(F)ccc1C. The predicted molar refractivity (Wildman–Crippen MR) is 77.5 cm³/mol. The van der Waals surface area contributed by atoms with E-state index in [1.165, 1.54) is 12.1 Å². The van der Waals surface area contributed by atoms with E-state index < -0.39 is 6.04 Å². The fourth-order valence-corrected chi connectivity index (χ4v) is 2.52. The molecule has 1 aromatic rings. The van der Waals surface area contributed by atoms with Gasteiger partial charge in [-0.25, -0.2) is 9.18 Å². The lowest BCUT2D eigenvalue weighted by molar-refractivity contribution is -0.146. The number of aryl methyl sites for hydroxylation is 1. The maximum atomic E-state index is 13.5. The standard InChI is InChI=1S/C16H22FNO3/c1-3-20-16(19)15(18-10-13-5-4-8-21-13)14-9-12(17)7-6-11(14)2/h6-7,9,13,15,18H,3-5,8,10H2,1-2H3. The molecule has 1 heterocycles. The molecule has 1 fully saturated rings. The summed E-state index contributed by atoms with van der Waals surface area (Å²) in [5, 5.41) is 3.16. The minimum Gasteiger partial charge on any atom is -0.465 e. The first-order valence-corrected chi connectivity index (χ1v) is 7.39. The monoisotopic (exact) mass is 295 g/mol. The molecule has 0 amide bonds. The van der Waals surface area contributed by atoms with E-state index in [-0.39, 0.29) is 17.9 Å². The highest BCUT2D eigenvalue weighted by Crippen LogP contribution is 2.21. The van der Waals surface area contributed by atoms with Crippen LogP contribution in [0.4, 0.5) is 4.39 Å². The summed E-state index contributed by atoms with van der Waals surface area (Å²) in [5.74, 6) is -0.743. The lowest BCUT2D eigenvalue weighted by Crippen LogP contribution is -2.36. The van der Waals surface area contributed by atoms with E-state index in [9.17, 15) is 9.18 Å². The van der Waals surface area contributed by atoms with E-state index in [0.29, 0.717) is 18.7 Å². The van der Waals surface area contributed by atoms with Gasteiger partial charge in [0.2, 0.25) is 0 Å². The van der Waals surface area contributed by atoms with Crippen LogP contribution in [0.2, 0.25) is 0 Å². The van der Waals surface area contributed by atoms with Crippen LogP contribution in [0, 0.1) is 12.7 Å². The van der Waals surface area contributed by atoms with Crippen molar-refractivity contribution in [2.75, 3.05) is 19.8 Å². The van der Waals surface area contributed by atoms with Gasteiger partial charge in [0.15, 0.2) is 0 Å². The van der Waals surface area contributed by atoms with E-state index in [1.54, 1.807) is 13.0 Å². The average Bonchev–Trinajstić information content (AvgIpc) is 2.96. The molecule has 0 spiro atoms. The van der Waals surface area contributed by atoms with Crippen LogP contribution in [-0.2, 0) is 14.3 Å². The van der Waals surface area contributed by atoms with Crippen LogP contribution in [0.25, 0.3) is 0 Å². The topological polar surface area (TPSA) is 47.6 Å². The predicted octanol–water partition coefficient (Wildman–Crippen LogP) is 2.51. The van der Waals surface area contributed by atoms with Crippen molar-refractivity contribution in [3.63, 3.8) is 0 Å². The van der Waals surface area contributed by atoms with E-state index in [1.807, 2.05) is 6.92 Å². The summed E-state index contributed by atoms with van der Waals surface area (Å²) in [5.41, 5.74) is 1.47. The zero-order valence-corrected chi connectivity index (χ0v) is 12.5. The Morgan fingerprint density at radius 2 is 2.38 bits per heavy atom. The highest BCUT2D eigenvalue weighted by Gasteiger charge is 2.26. The molecular weight excluding hydrogens is 273 g/mol. The highest BCUT2D eigenvalue weighted by molar-refractivity contribution is 5.78. The molecule has 4 nitrogen and oxygen atoms in total. The molecule has 0 saturated carbocycles. The molecular formula is C16H22FNO3. The first-order chi connectivity index (χ1) is 10.1. The van der Waals surface area contributed by atoms with Crippen molar-refractivity contribution in [3.8, 4) is 0 Å². The number of ether oxygens (including phenoxy) is 2. The minimum absolute atomic E-state index is 0.107. The molecule has 2 unspecified atom stereocenters. The first-order valence-electron chi connectivity index (χ1n) is 7.39. The van der Waals surface area contributed by atoms with Gasteiger partial charge in [0.1, 0.15) is 11.9 Å². The van der Waals surface area contributed by atoms with E-state index in [4.69, 9.17) is 9.47 Å². The second kappa shape index (κ2) is 7.52. The van der Waals surface area contributed by atoms with Gasteiger partial charge in [0.05, 0.1) is 12.7 Å². The van der Waals surface area contributed by atoms with Crippen LogP contribution in [0.5, 0.6) is 0 Å². The van der Waals surface area contributed by atoms with Gasteiger partial charge in [0.25, 0.3) is 0 Å². The minimum atomic E-state index is -0.662. The second-order valence-electron chi connectivity index (χ2n) is 5.23. The van der Waals surface area contributed by atoms with Crippen molar-refractivity contribution in [2.45, 2.75) is 38.8 Å².